The molecule has 4 heterocycles. The van der Waals surface area contributed by atoms with Crippen molar-refractivity contribution in [3.05, 3.63) is 65.2 Å². The van der Waals surface area contributed by atoms with Crippen LogP contribution in [0.1, 0.15) is 43.2 Å². The molecule has 0 spiro atoms. The molecule has 4 aromatic rings. The highest BCUT2D eigenvalue weighted by molar-refractivity contribution is 6.33. The van der Waals surface area contributed by atoms with Crippen LogP contribution in [0.2, 0.25) is 5.02 Å². The minimum atomic E-state index is -0.552. The number of morpholine rings is 1. The standard InChI is InChI=1S/C29H33ClN6O3.ClH/c1-5-19(33-27(37)20-7-6-9-32-17(20)2)14-36-16-29(3,4)39-15-25(36)28(38)35-23-12-18(30)11-22-21-8-10-31-13-24(21)34-26(22)23;/h6-13,19,25,34H,5,14-16H2,1-4H3,(H,33,37)(H,35,38);1H. The highest BCUT2D eigenvalue weighted by atomic mass is 35.5. The molecule has 1 saturated heterocycles. The maximum absolute atomic E-state index is 13.7. The van der Waals surface area contributed by atoms with E-state index in [2.05, 4.69) is 30.5 Å². The number of nitrogens with one attached hydrogen (secondary N) is 3. The molecule has 1 fully saturated rings. The van der Waals surface area contributed by atoms with Crippen LogP contribution in [-0.4, -0.2) is 69.0 Å². The fourth-order valence-corrected chi connectivity index (χ4v) is 5.39. The predicted molar refractivity (Wildman–Crippen MR) is 160 cm³/mol. The third-order valence-electron chi connectivity index (χ3n) is 7.23. The predicted octanol–water partition coefficient (Wildman–Crippen LogP) is 5.12. The van der Waals surface area contributed by atoms with Crippen LogP contribution in [0.15, 0.2) is 48.9 Å². The summed E-state index contributed by atoms with van der Waals surface area (Å²) in [5.74, 6) is -0.370. The van der Waals surface area contributed by atoms with Crippen LogP contribution in [0, 0.1) is 6.92 Å². The zero-order chi connectivity index (χ0) is 27.7. The average molecular weight is 586 g/mol. The molecular weight excluding hydrogens is 551 g/mol. The van der Waals surface area contributed by atoms with Gasteiger partial charge in [0.1, 0.15) is 6.04 Å². The summed E-state index contributed by atoms with van der Waals surface area (Å²) in [5.41, 5.74) is 3.02. The highest BCUT2D eigenvalue weighted by Gasteiger charge is 2.38. The number of fused-ring (bicyclic) bond motifs is 3. The first kappa shape index (κ1) is 29.7. The van der Waals surface area contributed by atoms with Gasteiger partial charge in [-0.1, -0.05) is 18.5 Å². The van der Waals surface area contributed by atoms with Crippen molar-refractivity contribution < 1.29 is 14.3 Å². The molecule has 3 aromatic heterocycles. The number of ether oxygens (including phenoxy) is 1. The highest BCUT2D eigenvalue weighted by Crippen LogP contribution is 2.33. The minimum absolute atomic E-state index is 0. The van der Waals surface area contributed by atoms with Gasteiger partial charge in [0, 0.05) is 53.0 Å². The van der Waals surface area contributed by atoms with Crippen LogP contribution in [0.4, 0.5) is 5.69 Å². The molecule has 1 aliphatic rings. The molecule has 3 N–H and O–H groups in total. The number of H-pyrrole nitrogens is 1. The number of halogens is 2. The molecule has 1 aliphatic heterocycles. The van der Waals surface area contributed by atoms with Crippen molar-refractivity contribution in [2.45, 2.75) is 51.8 Å². The maximum atomic E-state index is 13.7. The summed E-state index contributed by atoms with van der Waals surface area (Å²) in [6.07, 6.45) is 5.85. The molecule has 0 aliphatic carbocycles. The second-order valence-electron chi connectivity index (χ2n) is 10.6. The van der Waals surface area contributed by atoms with Crippen molar-refractivity contribution in [2.75, 3.05) is 25.0 Å². The first-order valence-corrected chi connectivity index (χ1v) is 13.5. The van der Waals surface area contributed by atoms with E-state index >= 15 is 0 Å². The van der Waals surface area contributed by atoms with Gasteiger partial charge in [0.25, 0.3) is 5.91 Å². The number of nitrogens with zero attached hydrogens (tertiary/aromatic N) is 3. The van der Waals surface area contributed by atoms with Crippen LogP contribution < -0.4 is 10.6 Å². The topological polar surface area (TPSA) is 112 Å². The quantitative estimate of drug-likeness (QED) is 0.278. The summed E-state index contributed by atoms with van der Waals surface area (Å²) in [6, 6.07) is 8.34. The zero-order valence-corrected chi connectivity index (χ0v) is 24.5. The number of benzene rings is 1. The maximum Gasteiger partial charge on any atom is 0.253 e. The van der Waals surface area contributed by atoms with E-state index in [0.29, 0.717) is 41.5 Å². The SMILES string of the molecule is CCC(CN1CC(C)(C)OCC1C(=O)Nc1cc(Cl)cc2c1[nH]c1cnccc12)NC(=O)c1cccnc1C.Cl. The molecule has 2 amide bonds. The Morgan fingerprint density at radius 1 is 1.25 bits per heavy atom. The lowest BCUT2D eigenvalue weighted by molar-refractivity contribution is -0.143. The van der Waals surface area contributed by atoms with Gasteiger partial charge in [0.2, 0.25) is 5.91 Å². The molecule has 1 aromatic carbocycles. The van der Waals surface area contributed by atoms with Crippen molar-refractivity contribution in [1.29, 1.82) is 0 Å². The van der Waals surface area contributed by atoms with E-state index in [-0.39, 0.29) is 36.9 Å². The van der Waals surface area contributed by atoms with E-state index in [0.717, 1.165) is 21.8 Å². The molecule has 2 unspecified atom stereocenters. The van der Waals surface area contributed by atoms with Gasteiger partial charge in [0.05, 0.1) is 40.7 Å². The Hall–Kier alpha value is -3.24. The molecule has 9 nitrogen and oxygen atoms in total. The number of hydrogen-bond donors (Lipinski definition) is 3. The Morgan fingerprint density at radius 2 is 2.05 bits per heavy atom. The van der Waals surface area contributed by atoms with E-state index < -0.39 is 11.6 Å². The van der Waals surface area contributed by atoms with Gasteiger partial charge in [-0.15, -0.1) is 12.4 Å². The van der Waals surface area contributed by atoms with Crippen molar-refractivity contribution in [3.63, 3.8) is 0 Å². The van der Waals surface area contributed by atoms with Gasteiger partial charge in [-0.05, 0) is 57.5 Å². The number of anilines is 1. The van der Waals surface area contributed by atoms with Crippen molar-refractivity contribution in [1.82, 2.24) is 25.2 Å². The Kier molecular flexibility index (Phi) is 8.99. The fraction of sp³-hybridized carbons (Fsp3) is 0.379. The number of aromatic amines is 1. The summed E-state index contributed by atoms with van der Waals surface area (Å²) in [4.78, 5) is 40.6. The Morgan fingerprint density at radius 3 is 2.80 bits per heavy atom. The molecule has 0 radical (unpaired) electrons. The number of rotatable bonds is 7. The van der Waals surface area contributed by atoms with E-state index in [1.807, 2.05) is 39.8 Å². The third kappa shape index (κ3) is 6.23. The van der Waals surface area contributed by atoms with Gasteiger partial charge in [-0.3, -0.25) is 24.5 Å². The molecule has 0 bridgehead atoms. The zero-order valence-electron chi connectivity index (χ0n) is 23.0. The minimum Gasteiger partial charge on any atom is -0.372 e. The van der Waals surface area contributed by atoms with Gasteiger partial charge in [0.15, 0.2) is 0 Å². The summed E-state index contributed by atoms with van der Waals surface area (Å²) in [7, 11) is 0. The van der Waals surface area contributed by atoms with Crippen LogP contribution in [0.5, 0.6) is 0 Å². The molecule has 212 valence electrons. The molecule has 40 heavy (non-hydrogen) atoms. The lowest BCUT2D eigenvalue weighted by Gasteiger charge is -2.44. The summed E-state index contributed by atoms with van der Waals surface area (Å²) in [5, 5.41) is 8.63. The van der Waals surface area contributed by atoms with E-state index in [1.165, 1.54) is 0 Å². The van der Waals surface area contributed by atoms with Gasteiger partial charge in [-0.2, -0.15) is 0 Å². The molecule has 11 heteroatoms. The Bertz CT molecular complexity index is 1540. The number of aromatic nitrogens is 3. The van der Waals surface area contributed by atoms with Crippen LogP contribution >= 0.6 is 24.0 Å². The van der Waals surface area contributed by atoms with E-state index in [9.17, 15) is 9.59 Å². The van der Waals surface area contributed by atoms with Crippen LogP contribution in [0.25, 0.3) is 21.8 Å². The van der Waals surface area contributed by atoms with Crippen LogP contribution in [-0.2, 0) is 9.53 Å². The number of pyridine rings is 2. The lowest BCUT2D eigenvalue weighted by atomic mass is 10.0. The van der Waals surface area contributed by atoms with Crippen molar-refractivity contribution >= 4 is 63.3 Å². The number of amides is 2. The lowest BCUT2D eigenvalue weighted by Crippen LogP contribution is -2.60. The first-order valence-electron chi connectivity index (χ1n) is 13.1. The molecule has 0 saturated carbocycles. The van der Waals surface area contributed by atoms with Gasteiger partial charge < -0.3 is 20.4 Å². The van der Waals surface area contributed by atoms with Gasteiger partial charge in [-0.25, -0.2) is 0 Å². The number of hydrogen-bond acceptors (Lipinski definition) is 6. The number of carbonyl (C=O) groups is 2. The fourth-order valence-electron chi connectivity index (χ4n) is 5.17. The summed E-state index contributed by atoms with van der Waals surface area (Å²) >= 11 is 6.45. The Balaban J connectivity index is 0.00000370. The average Bonchev–Trinajstić information content (AvgIpc) is 3.26. The molecule has 5 rings (SSSR count). The normalized spacial score (nSPS) is 17.8. The third-order valence-corrected chi connectivity index (χ3v) is 7.44. The molecular formula is C29H34Cl2N6O3. The van der Waals surface area contributed by atoms with Crippen LogP contribution in [0.3, 0.4) is 0 Å². The second kappa shape index (κ2) is 12.1. The van der Waals surface area contributed by atoms with E-state index in [1.54, 1.807) is 36.8 Å². The molecule has 2 atom stereocenters. The first-order chi connectivity index (χ1) is 18.6. The summed E-state index contributed by atoms with van der Waals surface area (Å²) < 4.78 is 6.07. The van der Waals surface area contributed by atoms with E-state index in [4.69, 9.17) is 16.3 Å². The largest absolute Gasteiger partial charge is 0.372 e. The smallest absolute Gasteiger partial charge is 0.253 e. The Labute approximate surface area is 244 Å². The number of carbonyl (C=O) groups excluding carboxylic acids is 2. The monoisotopic (exact) mass is 584 g/mol. The summed E-state index contributed by atoms with van der Waals surface area (Å²) in [6.45, 7) is 9.11. The van der Waals surface area contributed by atoms with Gasteiger partial charge >= 0.3 is 0 Å². The van der Waals surface area contributed by atoms with Crippen molar-refractivity contribution in [3.8, 4) is 0 Å². The number of aryl methyl sites for hydroxylation is 1. The second-order valence-corrected chi connectivity index (χ2v) is 11.1. The van der Waals surface area contributed by atoms with Crippen molar-refractivity contribution in [2.24, 2.45) is 0 Å².